The second kappa shape index (κ2) is 5.07. The highest BCUT2D eigenvalue weighted by Gasteiger charge is 2.36. The Morgan fingerprint density at radius 3 is 2.90 bits per heavy atom. The Kier molecular flexibility index (Phi) is 3.19. The highest BCUT2D eigenvalue weighted by molar-refractivity contribution is 7.20. The van der Waals surface area contributed by atoms with Crippen LogP contribution in [0.2, 0.25) is 0 Å². The van der Waals surface area contributed by atoms with Crippen LogP contribution >= 0.6 is 11.3 Å². The molecule has 0 radical (unpaired) electrons. The van der Waals surface area contributed by atoms with Crippen molar-refractivity contribution >= 4 is 27.5 Å². The summed E-state index contributed by atoms with van der Waals surface area (Å²) in [6.45, 7) is 1.71. The Hall–Kier alpha value is -1.46. The molecule has 0 spiro atoms. The topological polar surface area (TPSA) is 36.4 Å². The zero-order valence-electron chi connectivity index (χ0n) is 12.2. The fraction of sp³-hybridized carbons (Fsp3) is 0.500. The molecule has 1 aromatic carbocycles. The Balaban J connectivity index is 1.59. The number of nitrogens with zero attached hydrogens (tertiary/aromatic N) is 3. The van der Waals surface area contributed by atoms with E-state index in [0.717, 1.165) is 29.7 Å². The highest BCUT2D eigenvalue weighted by Crippen LogP contribution is 2.30. The van der Waals surface area contributed by atoms with Gasteiger partial charge in [0.25, 0.3) is 5.91 Å². The molecule has 1 aromatic heterocycles. The Morgan fingerprint density at radius 2 is 2.05 bits per heavy atom. The number of benzene rings is 1. The molecule has 2 aliphatic rings. The van der Waals surface area contributed by atoms with E-state index in [4.69, 9.17) is 0 Å². The van der Waals surface area contributed by atoms with Crippen LogP contribution < -0.4 is 0 Å². The molecule has 2 fully saturated rings. The van der Waals surface area contributed by atoms with Gasteiger partial charge in [0.15, 0.2) is 5.01 Å². The lowest BCUT2D eigenvalue weighted by Gasteiger charge is -2.25. The number of hydrogen-bond acceptors (Lipinski definition) is 4. The number of carbonyl (C=O) groups excluding carboxylic acids is 1. The predicted molar refractivity (Wildman–Crippen MR) is 84.7 cm³/mol. The van der Waals surface area contributed by atoms with Crippen molar-refractivity contribution in [2.24, 2.45) is 0 Å². The average molecular weight is 301 g/mol. The van der Waals surface area contributed by atoms with E-state index in [-0.39, 0.29) is 5.91 Å². The molecule has 2 bridgehead atoms. The number of thiazole rings is 1. The number of likely N-dealkylation sites (N-methyl/N-ethyl adjacent to an activating group) is 1. The Bertz CT molecular complexity index is 650. The summed E-state index contributed by atoms with van der Waals surface area (Å²) in [6, 6.07) is 9.15. The van der Waals surface area contributed by atoms with Crippen molar-refractivity contribution in [1.82, 2.24) is 14.8 Å². The lowest BCUT2D eigenvalue weighted by atomic mass is 10.1. The predicted octanol–water partition coefficient (Wildman–Crippen LogP) is 2.61. The van der Waals surface area contributed by atoms with Crippen LogP contribution in [0.1, 0.15) is 29.1 Å². The molecule has 0 saturated carbocycles. The maximum absolute atomic E-state index is 12.8. The summed E-state index contributed by atoms with van der Waals surface area (Å²) < 4.78 is 1.09. The average Bonchev–Trinajstić information content (AvgIpc) is 3.00. The minimum absolute atomic E-state index is 0.108. The van der Waals surface area contributed by atoms with Crippen LogP contribution in [-0.2, 0) is 0 Å². The maximum atomic E-state index is 12.8. The van der Waals surface area contributed by atoms with E-state index in [2.05, 4.69) is 16.9 Å². The molecule has 2 aromatic rings. The number of carbonyl (C=O) groups is 1. The summed E-state index contributed by atoms with van der Waals surface area (Å²) in [5.74, 6) is 0.108. The van der Waals surface area contributed by atoms with Gasteiger partial charge in [-0.1, -0.05) is 12.1 Å². The number of likely N-dealkylation sites (tertiary alicyclic amines) is 1. The van der Waals surface area contributed by atoms with Gasteiger partial charge >= 0.3 is 0 Å². The molecule has 110 valence electrons. The van der Waals surface area contributed by atoms with Crippen LogP contribution in [0.3, 0.4) is 0 Å². The first-order valence-electron chi connectivity index (χ1n) is 7.59. The largest absolute Gasteiger partial charge is 0.335 e. The van der Waals surface area contributed by atoms with E-state index >= 15 is 0 Å². The molecular weight excluding hydrogens is 282 g/mol. The van der Waals surface area contributed by atoms with Crippen molar-refractivity contribution in [3.05, 3.63) is 29.3 Å². The lowest BCUT2D eigenvalue weighted by molar-refractivity contribution is 0.0740. The van der Waals surface area contributed by atoms with Crippen LogP contribution in [-0.4, -0.2) is 52.9 Å². The molecule has 1 amide bonds. The summed E-state index contributed by atoms with van der Waals surface area (Å²) in [4.78, 5) is 21.7. The van der Waals surface area contributed by atoms with E-state index in [1.54, 1.807) is 0 Å². The van der Waals surface area contributed by atoms with Gasteiger partial charge in [0.2, 0.25) is 0 Å². The molecule has 2 aliphatic heterocycles. The summed E-state index contributed by atoms with van der Waals surface area (Å²) in [5, 5.41) is 0.636. The van der Waals surface area contributed by atoms with Gasteiger partial charge < -0.3 is 4.90 Å². The fourth-order valence-corrected chi connectivity index (χ4v) is 4.53. The second-order valence-corrected chi connectivity index (χ2v) is 7.11. The van der Waals surface area contributed by atoms with Gasteiger partial charge in [0.05, 0.1) is 10.2 Å². The normalized spacial score (nSPS) is 26.2. The number of aromatic nitrogens is 1. The summed E-state index contributed by atoms with van der Waals surface area (Å²) in [6.07, 6.45) is 3.58. The van der Waals surface area contributed by atoms with Crippen molar-refractivity contribution in [3.8, 4) is 0 Å². The van der Waals surface area contributed by atoms with Gasteiger partial charge in [-0.2, -0.15) is 0 Å². The molecule has 4 nitrogen and oxygen atoms in total. The maximum Gasteiger partial charge on any atom is 0.282 e. The van der Waals surface area contributed by atoms with Crippen LogP contribution in [0.4, 0.5) is 0 Å². The van der Waals surface area contributed by atoms with Gasteiger partial charge in [0, 0.05) is 25.2 Å². The number of amides is 1. The molecule has 0 unspecified atom stereocenters. The zero-order valence-corrected chi connectivity index (χ0v) is 13.0. The van der Waals surface area contributed by atoms with E-state index in [9.17, 15) is 4.79 Å². The highest BCUT2D eigenvalue weighted by atomic mass is 32.1. The van der Waals surface area contributed by atoms with Gasteiger partial charge in [-0.05, 0) is 38.4 Å². The summed E-state index contributed by atoms with van der Waals surface area (Å²) in [7, 11) is 2.20. The van der Waals surface area contributed by atoms with Crippen LogP contribution in [0, 0.1) is 0 Å². The van der Waals surface area contributed by atoms with Crippen molar-refractivity contribution in [2.75, 3.05) is 20.1 Å². The lowest BCUT2D eigenvalue weighted by Crippen LogP contribution is -2.39. The van der Waals surface area contributed by atoms with Crippen LogP contribution in [0.15, 0.2) is 24.3 Å². The monoisotopic (exact) mass is 301 g/mol. The summed E-state index contributed by atoms with van der Waals surface area (Å²) >= 11 is 1.51. The third kappa shape index (κ3) is 2.24. The van der Waals surface area contributed by atoms with Gasteiger partial charge in [-0.25, -0.2) is 4.98 Å². The number of fused-ring (bicyclic) bond motifs is 3. The molecule has 5 heteroatoms. The molecule has 0 N–H and O–H groups in total. The first-order chi connectivity index (χ1) is 10.2. The minimum Gasteiger partial charge on any atom is -0.335 e. The molecule has 2 saturated heterocycles. The molecular formula is C16H19N3OS. The third-order valence-corrected chi connectivity index (χ3v) is 5.94. The first kappa shape index (κ1) is 13.2. The SMILES string of the molecule is CN1[C@H]2CC[C@H]1CN(C(=O)c1nc3ccccc3s1)CC2. The Labute approximate surface area is 128 Å². The van der Waals surface area contributed by atoms with E-state index < -0.39 is 0 Å². The van der Waals surface area contributed by atoms with Gasteiger partial charge in [-0.3, -0.25) is 9.69 Å². The quantitative estimate of drug-likeness (QED) is 0.812. The van der Waals surface area contributed by atoms with Crippen molar-refractivity contribution in [1.29, 1.82) is 0 Å². The molecule has 0 aliphatic carbocycles. The molecule has 4 rings (SSSR count). The first-order valence-corrected chi connectivity index (χ1v) is 8.41. The van der Waals surface area contributed by atoms with E-state index in [1.165, 1.54) is 24.2 Å². The standard InChI is InChI=1S/C16H19N3OS/c1-18-11-6-7-12(18)10-19(9-8-11)16(20)15-17-13-4-2-3-5-14(13)21-15/h2-5,11-12H,6-10H2,1H3/t11-,12-/m0/s1. The van der Waals surface area contributed by atoms with Gasteiger partial charge in [0.1, 0.15) is 0 Å². The second-order valence-electron chi connectivity index (χ2n) is 6.08. The summed E-state index contributed by atoms with van der Waals surface area (Å²) in [5.41, 5.74) is 0.930. The minimum atomic E-state index is 0.108. The van der Waals surface area contributed by atoms with E-state index in [1.807, 2.05) is 29.2 Å². The number of rotatable bonds is 1. The van der Waals surface area contributed by atoms with Crippen LogP contribution in [0.25, 0.3) is 10.2 Å². The number of hydrogen-bond donors (Lipinski definition) is 0. The smallest absolute Gasteiger partial charge is 0.282 e. The van der Waals surface area contributed by atoms with Crippen molar-refractivity contribution in [2.45, 2.75) is 31.3 Å². The Morgan fingerprint density at radius 1 is 1.24 bits per heavy atom. The molecule has 2 atom stereocenters. The van der Waals surface area contributed by atoms with Gasteiger partial charge in [-0.15, -0.1) is 11.3 Å². The van der Waals surface area contributed by atoms with E-state index in [0.29, 0.717) is 17.1 Å². The van der Waals surface area contributed by atoms with Crippen molar-refractivity contribution in [3.63, 3.8) is 0 Å². The fourth-order valence-electron chi connectivity index (χ4n) is 3.59. The number of para-hydroxylation sites is 1. The molecule has 21 heavy (non-hydrogen) atoms. The van der Waals surface area contributed by atoms with Crippen LogP contribution in [0.5, 0.6) is 0 Å². The molecule has 3 heterocycles. The zero-order chi connectivity index (χ0) is 14.4. The third-order valence-electron chi connectivity index (χ3n) is 4.91. The van der Waals surface area contributed by atoms with Crippen molar-refractivity contribution < 1.29 is 4.79 Å².